The van der Waals surface area contributed by atoms with Crippen LogP contribution in [0.1, 0.15) is 29.8 Å². The monoisotopic (exact) mass is 313 g/mol. The lowest BCUT2D eigenvalue weighted by Crippen LogP contribution is -2.41. The van der Waals surface area contributed by atoms with Gasteiger partial charge in [-0.05, 0) is 26.0 Å². The summed E-state index contributed by atoms with van der Waals surface area (Å²) < 4.78 is 0. The average Bonchev–Trinajstić information content (AvgIpc) is 2.42. The maximum Gasteiger partial charge on any atom is 0.251 e. The van der Waals surface area contributed by atoms with Gasteiger partial charge in [0.25, 0.3) is 5.91 Å². The number of nitrogens with one attached hydrogen (secondary N) is 2. The Bertz CT molecular complexity index is 460. The second kappa shape index (κ2) is 9.37. The molecule has 1 rings (SSSR count). The first-order chi connectivity index (χ1) is 9.41. The molecule has 2 unspecified atom stereocenters. The van der Waals surface area contributed by atoms with Gasteiger partial charge in [-0.1, -0.05) is 24.6 Å². The number of halogens is 1. The SMILES string of the molecule is Cc1ccc(C(=O)NCCNC(=O)C(C)C(C)N)cc1.Cl. The zero-order valence-electron chi connectivity index (χ0n) is 12.7. The molecule has 2 atom stereocenters. The van der Waals surface area contributed by atoms with Crippen molar-refractivity contribution < 1.29 is 9.59 Å². The van der Waals surface area contributed by atoms with Crippen LogP contribution in [-0.2, 0) is 4.79 Å². The highest BCUT2D eigenvalue weighted by atomic mass is 35.5. The summed E-state index contributed by atoms with van der Waals surface area (Å²) in [5.41, 5.74) is 7.37. The molecule has 6 heteroatoms. The molecule has 2 amide bonds. The first kappa shape index (κ1) is 19.4. The second-order valence-corrected chi connectivity index (χ2v) is 5.06. The molecule has 0 aliphatic carbocycles. The Labute approximate surface area is 132 Å². The van der Waals surface area contributed by atoms with E-state index in [4.69, 9.17) is 5.73 Å². The van der Waals surface area contributed by atoms with E-state index in [9.17, 15) is 9.59 Å². The summed E-state index contributed by atoms with van der Waals surface area (Å²) in [5.74, 6) is -0.466. The molecule has 0 saturated heterocycles. The average molecular weight is 314 g/mol. The van der Waals surface area contributed by atoms with E-state index >= 15 is 0 Å². The Kier molecular flexibility index (Phi) is 8.66. The Balaban J connectivity index is 0.00000400. The number of hydrogen-bond donors (Lipinski definition) is 3. The van der Waals surface area contributed by atoms with Crippen LogP contribution in [0, 0.1) is 12.8 Å². The first-order valence-corrected chi connectivity index (χ1v) is 6.80. The third kappa shape index (κ3) is 6.60. The summed E-state index contributed by atoms with van der Waals surface area (Å²) in [6, 6.07) is 7.15. The van der Waals surface area contributed by atoms with E-state index in [-0.39, 0.29) is 36.2 Å². The van der Waals surface area contributed by atoms with Crippen LogP contribution < -0.4 is 16.4 Å². The van der Waals surface area contributed by atoms with Crippen LogP contribution in [0.4, 0.5) is 0 Å². The van der Waals surface area contributed by atoms with Gasteiger partial charge in [0.1, 0.15) is 0 Å². The van der Waals surface area contributed by atoms with E-state index in [1.807, 2.05) is 19.1 Å². The molecule has 21 heavy (non-hydrogen) atoms. The van der Waals surface area contributed by atoms with E-state index in [1.165, 1.54) is 0 Å². The highest BCUT2D eigenvalue weighted by molar-refractivity contribution is 5.94. The fourth-order valence-electron chi connectivity index (χ4n) is 1.57. The Morgan fingerprint density at radius 1 is 1.10 bits per heavy atom. The van der Waals surface area contributed by atoms with Crippen LogP contribution in [0.15, 0.2) is 24.3 Å². The van der Waals surface area contributed by atoms with E-state index in [0.717, 1.165) is 5.56 Å². The number of carbonyl (C=O) groups excluding carboxylic acids is 2. The van der Waals surface area contributed by atoms with Gasteiger partial charge in [0.15, 0.2) is 0 Å². The van der Waals surface area contributed by atoms with Crippen molar-refractivity contribution in [1.82, 2.24) is 10.6 Å². The van der Waals surface area contributed by atoms with Gasteiger partial charge in [-0.15, -0.1) is 12.4 Å². The van der Waals surface area contributed by atoms with Gasteiger partial charge < -0.3 is 16.4 Å². The molecular weight excluding hydrogens is 290 g/mol. The van der Waals surface area contributed by atoms with Crippen molar-refractivity contribution in [2.75, 3.05) is 13.1 Å². The molecular formula is C15H24ClN3O2. The fourth-order valence-corrected chi connectivity index (χ4v) is 1.57. The summed E-state index contributed by atoms with van der Waals surface area (Å²) in [6.45, 7) is 6.34. The molecule has 4 N–H and O–H groups in total. The molecule has 0 aromatic heterocycles. The van der Waals surface area contributed by atoms with Crippen molar-refractivity contribution in [1.29, 1.82) is 0 Å². The Hall–Kier alpha value is -1.59. The van der Waals surface area contributed by atoms with Gasteiger partial charge >= 0.3 is 0 Å². The molecule has 1 aromatic carbocycles. The molecule has 0 bridgehead atoms. The predicted molar refractivity (Wildman–Crippen MR) is 86.6 cm³/mol. The van der Waals surface area contributed by atoms with Crippen LogP contribution in [0.2, 0.25) is 0 Å². The number of nitrogens with two attached hydrogens (primary N) is 1. The van der Waals surface area contributed by atoms with E-state index < -0.39 is 0 Å². The largest absolute Gasteiger partial charge is 0.354 e. The summed E-state index contributed by atoms with van der Waals surface area (Å²) in [6.07, 6.45) is 0. The molecule has 0 fully saturated rings. The van der Waals surface area contributed by atoms with Crippen molar-refractivity contribution in [2.24, 2.45) is 11.7 Å². The molecule has 0 radical (unpaired) electrons. The Morgan fingerprint density at radius 3 is 2.14 bits per heavy atom. The lowest BCUT2D eigenvalue weighted by atomic mass is 10.0. The van der Waals surface area contributed by atoms with Crippen LogP contribution in [0.5, 0.6) is 0 Å². The number of amides is 2. The highest BCUT2D eigenvalue weighted by Gasteiger charge is 2.16. The Morgan fingerprint density at radius 2 is 1.62 bits per heavy atom. The summed E-state index contributed by atoms with van der Waals surface area (Å²) >= 11 is 0. The normalized spacial score (nSPS) is 12.8. The zero-order valence-corrected chi connectivity index (χ0v) is 13.5. The molecule has 0 aliphatic rings. The standard InChI is InChI=1S/C15H23N3O2.ClH/c1-10-4-6-13(7-5-10)15(20)18-9-8-17-14(19)11(2)12(3)16;/h4-7,11-12H,8-9,16H2,1-3H3,(H,17,19)(H,18,20);1H. The molecule has 0 spiro atoms. The third-order valence-electron chi connectivity index (χ3n) is 3.23. The van der Waals surface area contributed by atoms with Crippen LogP contribution in [0.25, 0.3) is 0 Å². The summed E-state index contributed by atoms with van der Waals surface area (Å²) in [4.78, 5) is 23.4. The van der Waals surface area contributed by atoms with Gasteiger partial charge in [-0.3, -0.25) is 9.59 Å². The molecule has 118 valence electrons. The van der Waals surface area contributed by atoms with Gasteiger partial charge in [-0.25, -0.2) is 0 Å². The summed E-state index contributed by atoms with van der Waals surface area (Å²) in [5, 5.41) is 5.50. The van der Waals surface area contributed by atoms with E-state index in [1.54, 1.807) is 26.0 Å². The minimum atomic E-state index is -0.234. The number of rotatable bonds is 6. The molecule has 0 aliphatic heterocycles. The van der Waals surface area contributed by atoms with Gasteiger partial charge in [0, 0.05) is 30.6 Å². The molecule has 5 nitrogen and oxygen atoms in total. The van der Waals surface area contributed by atoms with Crippen LogP contribution >= 0.6 is 12.4 Å². The van der Waals surface area contributed by atoms with Crippen molar-refractivity contribution in [2.45, 2.75) is 26.8 Å². The minimum absolute atomic E-state index is 0. The maximum absolute atomic E-state index is 11.8. The van der Waals surface area contributed by atoms with Gasteiger partial charge in [-0.2, -0.15) is 0 Å². The number of hydrogen-bond acceptors (Lipinski definition) is 3. The molecule has 0 heterocycles. The quantitative estimate of drug-likeness (QED) is 0.691. The molecule has 0 saturated carbocycles. The van der Waals surface area contributed by atoms with Gasteiger partial charge in [0.05, 0.1) is 0 Å². The number of benzene rings is 1. The van der Waals surface area contributed by atoms with Crippen LogP contribution in [0.3, 0.4) is 0 Å². The lowest BCUT2D eigenvalue weighted by Gasteiger charge is -2.15. The van der Waals surface area contributed by atoms with Crippen molar-refractivity contribution in [3.05, 3.63) is 35.4 Å². The zero-order chi connectivity index (χ0) is 15.1. The van der Waals surface area contributed by atoms with Crippen LogP contribution in [-0.4, -0.2) is 30.9 Å². The van der Waals surface area contributed by atoms with E-state index in [0.29, 0.717) is 18.7 Å². The summed E-state index contributed by atoms with van der Waals surface area (Å²) in [7, 11) is 0. The predicted octanol–water partition coefficient (Wildman–Crippen LogP) is 1.25. The lowest BCUT2D eigenvalue weighted by molar-refractivity contribution is -0.124. The third-order valence-corrected chi connectivity index (χ3v) is 3.23. The van der Waals surface area contributed by atoms with Crippen molar-refractivity contribution in [3.8, 4) is 0 Å². The smallest absolute Gasteiger partial charge is 0.251 e. The van der Waals surface area contributed by atoms with E-state index in [2.05, 4.69) is 10.6 Å². The number of aryl methyl sites for hydroxylation is 1. The first-order valence-electron chi connectivity index (χ1n) is 6.80. The topological polar surface area (TPSA) is 84.2 Å². The minimum Gasteiger partial charge on any atom is -0.354 e. The fraction of sp³-hybridized carbons (Fsp3) is 0.467. The van der Waals surface area contributed by atoms with Crippen molar-refractivity contribution >= 4 is 24.2 Å². The number of carbonyl (C=O) groups is 2. The maximum atomic E-state index is 11.8. The second-order valence-electron chi connectivity index (χ2n) is 5.06. The van der Waals surface area contributed by atoms with Crippen molar-refractivity contribution in [3.63, 3.8) is 0 Å². The van der Waals surface area contributed by atoms with Gasteiger partial charge in [0.2, 0.25) is 5.91 Å². The highest BCUT2D eigenvalue weighted by Crippen LogP contribution is 2.02. The molecule has 1 aromatic rings.